The van der Waals surface area contributed by atoms with Gasteiger partial charge in [-0.05, 0) is 31.1 Å². The number of carbonyl (C=O) groups excluding carboxylic acids is 1. The van der Waals surface area contributed by atoms with Crippen molar-refractivity contribution < 1.29 is 4.79 Å². The largest absolute Gasteiger partial charge is 0.348 e. The van der Waals surface area contributed by atoms with E-state index in [-0.39, 0.29) is 5.91 Å². The lowest BCUT2D eigenvalue weighted by Crippen LogP contribution is -2.14. The summed E-state index contributed by atoms with van der Waals surface area (Å²) >= 11 is 0. The van der Waals surface area contributed by atoms with Crippen LogP contribution in [0.3, 0.4) is 0 Å². The second-order valence-electron chi connectivity index (χ2n) is 4.14. The summed E-state index contributed by atoms with van der Waals surface area (Å²) < 4.78 is 0. The molecule has 2 heteroatoms. The Bertz CT molecular complexity index is 465. The van der Waals surface area contributed by atoms with Crippen LogP contribution in [0.25, 0.3) is 6.08 Å². The van der Waals surface area contributed by atoms with Gasteiger partial charge in [0.1, 0.15) is 0 Å². The monoisotopic (exact) mass is 213 g/mol. The van der Waals surface area contributed by atoms with Crippen LogP contribution in [0, 0.1) is 0 Å². The molecule has 1 fully saturated rings. The van der Waals surface area contributed by atoms with Crippen molar-refractivity contribution in [3.8, 4) is 0 Å². The van der Waals surface area contributed by atoms with Crippen LogP contribution >= 0.6 is 0 Å². The number of allylic oxidation sites excluding steroid dienone is 1. The summed E-state index contributed by atoms with van der Waals surface area (Å²) in [6.45, 7) is 4.58. The molecule has 82 valence electrons. The zero-order valence-corrected chi connectivity index (χ0v) is 9.58. The maximum absolute atomic E-state index is 11.6. The number of benzene rings is 1. The van der Waals surface area contributed by atoms with Gasteiger partial charge in [0.15, 0.2) is 0 Å². The highest BCUT2D eigenvalue weighted by Crippen LogP contribution is 2.22. The third-order valence-electron chi connectivity index (χ3n) is 2.63. The topological polar surface area (TPSA) is 29.1 Å². The van der Waals surface area contributed by atoms with Crippen LogP contribution in [0.5, 0.6) is 0 Å². The first-order valence-electron chi connectivity index (χ1n) is 5.40. The Labute approximate surface area is 95.7 Å². The van der Waals surface area contributed by atoms with Gasteiger partial charge >= 0.3 is 0 Å². The van der Waals surface area contributed by atoms with Gasteiger partial charge in [-0.1, -0.05) is 35.9 Å². The number of hydrogen-bond acceptors (Lipinski definition) is 1. The minimum Gasteiger partial charge on any atom is -0.348 e. The van der Waals surface area contributed by atoms with E-state index in [2.05, 4.69) is 11.4 Å². The molecule has 0 spiro atoms. The Morgan fingerprint density at radius 2 is 1.94 bits per heavy atom. The molecule has 1 aromatic carbocycles. The zero-order valence-electron chi connectivity index (χ0n) is 9.58. The number of amides is 1. The Balaban J connectivity index is 2.39. The van der Waals surface area contributed by atoms with Crippen LogP contribution in [0.1, 0.15) is 19.4 Å². The van der Waals surface area contributed by atoms with Crippen molar-refractivity contribution in [2.24, 2.45) is 0 Å². The highest BCUT2D eigenvalue weighted by molar-refractivity contribution is 6.03. The van der Waals surface area contributed by atoms with Crippen molar-refractivity contribution in [2.75, 3.05) is 6.54 Å². The minimum absolute atomic E-state index is 0.0437. The van der Waals surface area contributed by atoms with E-state index in [1.165, 1.54) is 0 Å². The molecule has 0 aliphatic carbocycles. The molecule has 1 aliphatic rings. The van der Waals surface area contributed by atoms with Crippen molar-refractivity contribution in [2.45, 2.75) is 13.8 Å². The van der Waals surface area contributed by atoms with Crippen LogP contribution in [0.4, 0.5) is 0 Å². The molecule has 0 radical (unpaired) electrons. The van der Waals surface area contributed by atoms with Gasteiger partial charge < -0.3 is 5.32 Å². The predicted molar refractivity (Wildman–Crippen MR) is 65.8 cm³/mol. The molecular weight excluding hydrogens is 198 g/mol. The van der Waals surface area contributed by atoms with Crippen LogP contribution in [0.15, 0.2) is 47.1 Å². The number of carbonyl (C=O) groups is 1. The summed E-state index contributed by atoms with van der Waals surface area (Å²) in [6.07, 6.45) is 2.07. The molecule has 1 N–H and O–H groups in total. The van der Waals surface area contributed by atoms with E-state index in [9.17, 15) is 4.79 Å². The normalized spacial score (nSPS) is 17.8. The molecule has 16 heavy (non-hydrogen) atoms. The minimum atomic E-state index is 0.0437. The molecule has 0 unspecified atom stereocenters. The first kappa shape index (κ1) is 10.7. The van der Waals surface area contributed by atoms with Crippen molar-refractivity contribution in [3.05, 3.63) is 52.6 Å². The first-order valence-corrected chi connectivity index (χ1v) is 5.40. The van der Waals surface area contributed by atoms with E-state index in [4.69, 9.17) is 0 Å². The van der Waals surface area contributed by atoms with E-state index in [0.717, 1.165) is 22.3 Å². The lowest BCUT2D eigenvalue weighted by molar-refractivity contribution is -0.116. The van der Waals surface area contributed by atoms with Crippen LogP contribution in [-0.4, -0.2) is 12.5 Å². The van der Waals surface area contributed by atoms with Crippen LogP contribution < -0.4 is 5.32 Å². The quantitative estimate of drug-likeness (QED) is 0.714. The Kier molecular flexibility index (Phi) is 2.91. The third-order valence-corrected chi connectivity index (χ3v) is 2.63. The molecule has 0 aromatic heterocycles. The summed E-state index contributed by atoms with van der Waals surface area (Å²) in [4.78, 5) is 11.6. The second kappa shape index (κ2) is 4.35. The van der Waals surface area contributed by atoms with Crippen LogP contribution in [-0.2, 0) is 4.79 Å². The second-order valence-corrected chi connectivity index (χ2v) is 4.14. The van der Waals surface area contributed by atoms with E-state index in [1.807, 2.05) is 44.2 Å². The summed E-state index contributed by atoms with van der Waals surface area (Å²) in [5.41, 5.74) is 4.12. The molecule has 2 rings (SSSR count). The maximum Gasteiger partial charge on any atom is 0.251 e. The number of rotatable bonds is 1. The molecule has 0 atom stereocenters. The molecule has 1 aromatic rings. The number of nitrogens with one attached hydrogen (secondary N) is 1. The van der Waals surface area contributed by atoms with Gasteiger partial charge in [0.25, 0.3) is 5.91 Å². The summed E-state index contributed by atoms with van der Waals surface area (Å²) in [6, 6.07) is 10.1. The Morgan fingerprint density at radius 1 is 1.25 bits per heavy atom. The van der Waals surface area contributed by atoms with Crippen LogP contribution in [0.2, 0.25) is 0 Å². The van der Waals surface area contributed by atoms with Crippen molar-refractivity contribution in [1.29, 1.82) is 0 Å². The highest BCUT2D eigenvalue weighted by Gasteiger charge is 2.22. The SMILES string of the molecule is CC(C)=C1C(=O)NC/C1=C/c1ccccc1. The van der Waals surface area contributed by atoms with E-state index in [1.54, 1.807) is 0 Å². The Morgan fingerprint density at radius 3 is 2.56 bits per heavy atom. The van der Waals surface area contributed by atoms with Crippen molar-refractivity contribution in [3.63, 3.8) is 0 Å². The van der Waals surface area contributed by atoms with Gasteiger partial charge in [-0.2, -0.15) is 0 Å². The fourth-order valence-electron chi connectivity index (χ4n) is 1.92. The lowest BCUT2D eigenvalue weighted by atomic mass is 10.0. The molecule has 1 heterocycles. The standard InChI is InChI=1S/C14H15NO/c1-10(2)13-12(9-15-14(13)16)8-11-6-4-3-5-7-11/h3-8H,9H2,1-2H3,(H,15,16)/b12-8-. The maximum atomic E-state index is 11.6. The Hall–Kier alpha value is -1.83. The van der Waals surface area contributed by atoms with Gasteiger partial charge in [-0.15, -0.1) is 0 Å². The summed E-state index contributed by atoms with van der Waals surface area (Å²) in [5, 5.41) is 2.86. The fourth-order valence-corrected chi connectivity index (χ4v) is 1.92. The van der Waals surface area contributed by atoms with E-state index < -0.39 is 0 Å². The zero-order chi connectivity index (χ0) is 11.5. The molecule has 1 aliphatic heterocycles. The first-order chi connectivity index (χ1) is 7.68. The molecule has 2 nitrogen and oxygen atoms in total. The van der Waals surface area contributed by atoms with Gasteiger partial charge in [-0.3, -0.25) is 4.79 Å². The summed E-state index contributed by atoms with van der Waals surface area (Å²) in [7, 11) is 0. The molecule has 1 saturated heterocycles. The summed E-state index contributed by atoms with van der Waals surface area (Å²) in [5.74, 6) is 0.0437. The van der Waals surface area contributed by atoms with E-state index in [0.29, 0.717) is 6.54 Å². The van der Waals surface area contributed by atoms with E-state index >= 15 is 0 Å². The predicted octanol–water partition coefficient (Wildman–Crippen LogP) is 2.54. The fraction of sp³-hybridized carbons (Fsp3) is 0.214. The van der Waals surface area contributed by atoms with Gasteiger partial charge in [-0.25, -0.2) is 0 Å². The van der Waals surface area contributed by atoms with Gasteiger partial charge in [0.2, 0.25) is 0 Å². The smallest absolute Gasteiger partial charge is 0.251 e. The van der Waals surface area contributed by atoms with Gasteiger partial charge in [0.05, 0.1) is 0 Å². The van der Waals surface area contributed by atoms with Crippen molar-refractivity contribution in [1.82, 2.24) is 5.32 Å². The molecule has 0 saturated carbocycles. The highest BCUT2D eigenvalue weighted by atomic mass is 16.2. The van der Waals surface area contributed by atoms with Gasteiger partial charge in [0, 0.05) is 12.1 Å². The lowest BCUT2D eigenvalue weighted by Gasteiger charge is -2.00. The number of hydrogen-bond donors (Lipinski definition) is 1. The molecule has 1 amide bonds. The third kappa shape index (κ3) is 2.06. The molecule has 0 bridgehead atoms. The van der Waals surface area contributed by atoms with Crippen molar-refractivity contribution >= 4 is 12.0 Å². The average molecular weight is 213 g/mol. The average Bonchev–Trinajstić information content (AvgIpc) is 2.61. The molecular formula is C14H15NO.